The van der Waals surface area contributed by atoms with Crippen molar-refractivity contribution < 1.29 is 14.7 Å². The molecule has 5 N–H and O–H groups in total. The summed E-state index contributed by atoms with van der Waals surface area (Å²) in [7, 11) is -3.49. The van der Waals surface area contributed by atoms with E-state index in [0.717, 1.165) is 6.42 Å². The van der Waals surface area contributed by atoms with E-state index in [0.29, 0.717) is 18.5 Å². The van der Waals surface area contributed by atoms with Gasteiger partial charge in [-0.1, -0.05) is 0 Å². The van der Waals surface area contributed by atoms with Crippen molar-refractivity contribution in [3.63, 3.8) is 0 Å². The predicted octanol–water partition coefficient (Wildman–Crippen LogP) is 3.27. The quantitative estimate of drug-likeness (QED) is 0.476. The Bertz CT molecular complexity index is 363. The molecule has 0 amide bonds. The van der Waals surface area contributed by atoms with E-state index in [2.05, 4.69) is 76.3 Å². The molecule has 1 unspecified atom stereocenters. The molecule has 0 aliphatic heterocycles. The highest BCUT2D eigenvalue weighted by Crippen LogP contribution is 2.49. The van der Waals surface area contributed by atoms with Crippen LogP contribution < -0.4 is 5.50 Å². The number of rotatable bonds is 8. The Hall–Kier alpha value is 0.110. The van der Waals surface area contributed by atoms with Crippen LogP contribution in [0, 0.1) is 11.3 Å². The highest BCUT2D eigenvalue weighted by atomic mass is 31.2. The summed E-state index contributed by atoms with van der Waals surface area (Å²) in [5, 5.41) is 8.84. The Balaban J connectivity index is 0. The minimum atomic E-state index is -2.12. The fourth-order valence-corrected chi connectivity index (χ4v) is 4.79. The Morgan fingerprint density at radius 3 is 1.62 bits per heavy atom. The first-order valence-corrected chi connectivity index (χ1v) is 10.7. The van der Waals surface area contributed by atoms with Crippen molar-refractivity contribution in [3.05, 3.63) is 0 Å². The molecule has 144 valence electrons. The van der Waals surface area contributed by atoms with Gasteiger partial charge in [0.15, 0.2) is 8.45 Å². The molecular weight excluding hydrogens is 346 g/mol. The fourth-order valence-electron chi connectivity index (χ4n) is 2.74. The number of nitrogens with two attached hydrogens (primary N) is 1. The maximum Gasteiger partial charge on any atom is 0.247 e. The first-order chi connectivity index (χ1) is 10.8. The molecule has 0 rings (SSSR count). The van der Waals surface area contributed by atoms with Gasteiger partial charge in [-0.3, -0.25) is 5.50 Å². The minimum absolute atomic E-state index is 0.188. The summed E-state index contributed by atoms with van der Waals surface area (Å²) in [5.74, 6) is 0. The van der Waals surface area contributed by atoms with Crippen LogP contribution in [0.4, 0.5) is 0 Å². The third-order valence-corrected chi connectivity index (χ3v) is 6.14. The summed E-state index contributed by atoms with van der Waals surface area (Å²) in [5.41, 5.74) is 4.10. The van der Waals surface area contributed by atoms with Crippen LogP contribution in [-0.4, -0.2) is 47.7 Å². The van der Waals surface area contributed by atoms with Gasteiger partial charge in [-0.25, -0.2) is 9.34 Å². The van der Waals surface area contributed by atoms with Gasteiger partial charge in [0.1, 0.15) is 0 Å². The van der Waals surface area contributed by atoms with Gasteiger partial charge in [-0.15, -0.1) is 0 Å². The average Bonchev–Trinajstić information content (AvgIpc) is 2.33. The molecule has 0 heterocycles. The highest BCUT2D eigenvalue weighted by Gasteiger charge is 2.38. The van der Waals surface area contributed by atoms with Crippen molar-refractivity contribution in [1.29, 1.82) is 5.26 Å². The lowest BCUT2D eigenvalue weighted by Gasteiger charge is -2.48. The van der Waals surface area contributed by atoms with Crippen molar-refractivity contribution in [3.8, 4) is 6.07 Å². The summed E-state index contributed by atoms with van der Waals surface area (Å²) in [6.45, 7) is 16.9. The third kappa shape index (κ3) is 10.2. The molecule has 7 nitrogen and oxygen atoms in total. The van der Waals surface area contributed by atoms with Crippen molar-refractivity contribution in [1.82, 2.24) is 9.34 Å². The summed E-state index contributed by atoms with van der Waals surface area (Å²) in [4.78, 5) is 25.9. The molecule has 0 aliphatic carbocycles. The zero-order chi connectivity index (χ0) is 19.7. The van der Waals surface area contributed by atoms with Gasteiger partial charge >= 0.3 is 0 Å². The zero-order valence-electron chi connectivity index (χ0n) is 16.3. The maximum absolute atomic E-state index is 10.9. The first kappa shape index (κ1) is 26.3. The van der Waals surface area contributed by atoms with E-state index in [1.165, 1.54) is 0 Å². The number of hydrogen-bond donors (Lipinski definition) is 4. The van der Waals surface area contributed by atoms with Crippen LogP contribution in [0.1, 0.15) is 68.2 Å². The molecule has 0 aliphatic rings. The van der Waals surface area contributed by atoms with Crippen LogP contribution in [0.2, 0.25) is 0 Å². The smallest absolute Gasteiger partial charge is 0.247 e. The molecule has 0 aromatic heterocycles. The highest BCUT2D eigenvalue weighted by molar-refractivity contribution is 7.46. The zero-order valence-corrected chi connectivity index (χ0v) is 18.1. The monoisotopic (exact) mass is 382 g/mol. The van der Waals surface area contributed by atoms with E-state index in [-0.39, 0.29) is 11.6 Å². The van der Waals surface area contributed by atoms with Gasteiger partial charge < -0.3 is 14.7 Å². The molecule has 0 spiro atoms. The van der Waals surface area contributed by atoms with Crippen LogP contribution in [0.3, 0.4) is 0 Å². The molecule has 1 atom stereocenters. The minimum Gasteiger partial charge on any atom is -0.347 e. The van der Waals surface area contributed by atoms with Gasteiger partial charge in [-0.2, -0.15) is 5.26 Å². The Kier molecular flexibility index (Phi) is 13.7. The molecule has 0 aromatic rings. The normalized spacial score (nSPS) is 13.7. The SMILES string of the molecule is CC(C)N(C(C)C)P(O)N(C(C)C)C(C)(C)CCC#N.NP(O)O. The molecule has 0 aromatic carbocycles. The van der Waals surface area contributed by atoms with E-state index in [9.17, 15) is 4.89 Å². The Labute approximate surface area is 150 Å². The summed E-state index contributed by atoms with van der Waals surface area (Å²) in [6.07, 6.45) is 1.29. The third-order valence-electron chi connectivity index (χ3n) is 3.42. The lowest BCUT2D eigenvalue weighted by atomic mass is 9.98. The standard InChI is InChI=1S/C15H32N3OP.H4NO2P/c1-12(2)17(13(3)4)20(19)18(14(5)6)15(7,8)10-9-11-16;1-4(2)3/h12-14,19H,9-10H2,1-8H3;2-3H,1H2. The van der Waals surface area contributed by atoms with Crippen molar-refractivity contribution in [2.24, 2.45) is 5.50 Å². The fraction of sp³-hybridized carbons (Fsp3) is 0.933. The molecule has 0 radical (unpaired) electrons. The topological polar surface area (TPSA) is 117 Å². The molecule has 24 heavy (non-hydrogen) atoms. The Morgan fingerprint density at radius 2 is 1.38 bits per heavy atom. The average molecular weight is 382 g/mol. The van der Waals surface area contributed by atoms with Crippen LogP contribution in [0.5, 0.6) is 0 Å². The second-order valence-electron chi connectivity index (χ2n) is 7.07. The van der Waals surface area contributed by atoms with Crippen molar-refractivity contribution in [2.75, 3.05) is 0 Å². The van der Waals surface area contributed by atoms with E-state index >= 15 is 0 Å². The summed E-state index contributed by atoms with van der Waals surface area (Å²) >= 11 is 0. The van der Waals surface area contributed by atoms with Gasteiger partial charge in [0.2, 0.25) is 8.53 Å². The van der Waals surface area contributed by atoms with Gasteiger partial charge in [0.05, 0.1) is 6.07 Å². The van der Waals surface area contributed by atoms with Gasteiger partial charge in [0.25, 0.3) is 0 Å². The van der Waals surface area contributed by atoms with Crippen LogP contribution in [0.25, 0.3) is 0 Å². The second kappa shape index (κ2) is 12.5. The predicted molar refractivity (Wildman–Crippen MR) is 103 cm³/mol. The largest absolute Gasteiger partial charge is 0.347 e. The lowest BCUT2D eigenvalue weighted by molar-refractivity contribution is 0.147. The maximum atomic E-state index is 10.9. The van der Waals surface area contributed by atoms with E-state index in [1.54, 1.807) is 0 Å². The Morgan fingerprint density at radius 1 is 1.00 bits per heavy atom. The molecule has 0 fully saturated rings. The summed E-state index contributed by atoms with van der Waals surface area (Å²) < 4.78 is 4.35. The number of nitriles is 1. The molecule has 0 saturated carbocycles. The first-order valence-electron chi connectivity index (χ1n) is 8.15. The number of nitrogens with zero attached hydrogens (tertiary/aromatic N) is 3. The van der Waals surface area contributed by atoms with Crippen molar-refractivity contribution in [2.45, 2.75) is 91.9 Å². The van der Waals surface area contributed by atoms with E-state index in [4.69, 9.17) is 15.0 Å². The van der Waals surface area contributed by atoms with Gasteiger partial charge in [-0.05, 0) is 61.8 Å². The summed E-state index contributed by atoms with van der Waals surface area (Å²) in [6, 6.07) is 3.03. The van der Waals surface area contributed by atoms with E-state index in [1.807, 2.05) is 0 Å². The van der Waals surface area contributed by atoms with E-state index < -0.39 is 17.0 Å². The van der Waals surface area contributed by atoms with Crippen LogP contribution >= 0.6 is 17.0 Å². The van der Waals surface area contributed by atoms with Crippen molar-refractivity contribution >= 4 is 17.0 Å². The molecule has 9 heteroatoms. The molecule has 0 bridgehead atoms. The number of hydrogen-bond acceptors (Lipinski definition) is 7. The molecule has 0 saturated heterocycles. The molecular formula is C15H36N4O3P2. The lowest BCUT2D eigenvalue weighted by Crippen LogP contribution is -2.49. The van der Waals surface area contributed by atoms with Crippen LogP contribution in [-0.2, 0) is 0 Å². The van der Waals surface area contributed by atoms with Crippen LogP contribution in [0.15, 0.2) is 0 Å². The second-order valence-corrected chi connectivity index (χ2v) is 9.14. The van der Waals surface area contributed by atoms with Gasteiger partial charge in [0, 0.05) is 30.1 Å².